The van der Waals surface area contributed by atoms with E-state index in [1.54, 1.807) is 31.2 Å². The molecule has 0 saturated heterocycles. The zero-order valence-electron chi connectivity index (χ0n) is 10.9. The Balaban J connectivity index is 2.10. The molecule has 1 aromatic carbocycles. The maximum atomic E-state index is 11.7. The summed E-state index contributed by atoms with van der Waals surface area (Å²) in [5.41, 5.74) is 1.63. The number of ether oxygens (including phenoxy) is 1. The summed E-state index contributed by atoms with van der Waals surface area (Å²) >= 11 is 0. The highest BCUT2D eigenvalue weighted by Gasteiger charge is 2.24. The first-order valence-electron chi connectivity index (χ1n) is 6.34. The van der Waals surface area contributed by atoms with E-state index in [2.05, 4.69) is 11.9 Å². The van der Waals surface area contributed by atoms with Gasteiger partial charge in [-0.15, -0.1) is 6.58 Å². The van der Waals surface area contributed by atoms with Crippen LogP contribution in [0.1, 0.15) is 29.3 Å². The molecule has 1 amide bonds. The first-order chi connectivity index (χ1) is 9.13. The van der Waals surface area contributed by atoms with Crippen molar-refractivity contribution in [1.29, 1.82) is 0 Å². The van der Waals surface area contributed by atoms with Crippen molar-refractivity contribution >= 4 is 11.7 Å². The Morgan fingerprint density at radius 3 is 3.05 bits per heavy atom. The van der Waals surface area contributed by atoms with Crippen LogP contribution in [0.3, 0.4) is 0 Å². The molecule has 2 rings (SSSR count). The number of benzene rings is 1. The van der Waals surface area contributed by atoms with Gasteiger partial charge in [0, 0.05) is 24.1 Å². The van der Waals surface area contributed by atoms with Crippen LogP contribution in [0.5, 0.6) is 5.75 Å². The van der Waals surface area contributed by atoms with E-state index in [4.69, 9.17) is 4.74 Å². The van der Waals surface area contributed by atoms with Crippen LogP contribution >= 0.6 is 0 Å². The van der Waals surface area contributed by atoms with Gasteiger partial charge in [-0.2, -0.15) is 0 Å². The number of amides is 1. The predicted molar refractivity (Wildman–Crippen MR) is 72.4 cm³/mol. The topological polar surface area (TPSA) is 55.4 Å². The van der Waals surface area contributed by atoms with Crippen LogP contribution in [0, 0.1) is 0 Å². The third-order valence-electron chi connectivity index (χ3n) is 3.13. The number of Topliss-reactive ketones (excluding diaryl/α,β-unsaturated/α-hetero) is 1. The summed E-state index contributed by atoms with van der Waals surface area (Å²) in [7, 11) is 0. The minimum absolute atomic E-state index is 0.143. The molecule has 1 unspecified atom stereocenters. The molecule has 0 aromatic heterocycles. The fourth-order valence-corrected chi connectivity index (χ4v) is 2.13. The SMILES string of the molecule is C=CCNC(=O)C(C)Oc1cccc2c1CCC2=O. The maximum absolute atomic E-state index is 11.7. The molecule has 1 aliphatic rings. The minimum atomic E-state index is -0.595. The van der Waals surface area contributed by atoms with Crippen LogP contribution in [-0.4, -0.2) is 24.3 Å². The molecule has 19 heavy (non-hydrogen) atoms. The molecule has 1 atom stereocenters. The summed E-state index contributed by atoms with van der Waals surface area (Å²) < 4.78 is 5.67. The highest BCUT2D eigenvalue weighted by Crippen LogP contribution is 2.30. The molecule has 0 spiro atoms. The molecule has 4 nitrogen and oxygen atoms in total. The van der Waals surface area contributed by atoms with E-state index < -0.39 is 6.10 Å². The minimum Gasteiger partial charge on any atom is -0.481 e. The van der Waals surface area contributed by atoms with Crippen molar-refractivity contribution in [2.75, 3.05) is 6.54 Å². The van der Waals surface area contributed by atoms with Gasteiger partial charge in [-0.3, -0.25) is 9.59 Å². The van der Waals surface area contributed by atoms with E-state index in [0.717, 1.165) is 11.1 Å². The molecule has 0 saturated carbocycles. The van der Waals surface area contributed by atoms with Gasteiger partial charge in [0.2, 0.25) is 0 Å². The Kier molecular flexibility index (Phi) is 4.00. The standard InChI is InChI=1S/C15H17NO3/c1-3-9-16-15(18)10(2)19-14-6-4-5-11-12(14)7-8-13(11)17/h3-6,10H,1,7-9H2,2H3,(H,16,18). The Bertz CT molecular complexity index is 522. The van der Waals surface area contributed by atoms with Gasteiger partial charge in [-0.25, -0.2) is 0 Å². The molecular formula is C15H17NO3. The molecule has 1 aromatic rings. The highest BCUT2D eigenvalue weighted by molar-refractivity contribution is 6.01. The predicted octanol–water partition coefficient (Wildman–Crippen LogP) is 1.88. The normalized spacial score (nSPS) is 14.7. The van der Waals surface area contributed by atoms with Crippen molar-refractivity contribution in [2.24, 2.45) is 0 Å². The second kappa shape index (κ2) is 5.69. The third kappa shape index (κ3) is 2.84. The van der Waals surface area contributed by atoms with E-state index in [0.29, 0.717) is 25.1 Å². The molecule has 100 valence electrons. The number of ketones is 1. The Morgan fingerprint density at radius 1 is 1.53 bits per heavy atom. The number of hydrogen-bond donors (Lipinski definition) is 1. The summed E-state index contributed by atoms with van der Waals surface area (Å²) in [5, 5.41) is 2.68. The van der Waals surface area contributed by atoms with Gasteiger partial charge < -0.3 is 10.1 Å². The molecule has 0 bridgehead atoms. The van der Waals surface area contributed by atoms with Gasteiger partial charge >= 0.3 is 0 Å². The zero-order chi connectivity index (χ0) is 13.8. The fraction of sp³-hybridized carbons (Fsp3) is 0.333. The van der Waals surface area contributed by atoms with Crippen LogP contribution in [-0.2, 0) is 11.2 Å². The lowest BCUT2D eigenvalue weighted by atomic mass is 10.1. The average molecular weight is 259 g/mol. The quantitative estimate of drug-likeness (QED) is 0.821. The molecule has 0 heterocycles. The van der Waals surface area contributed by atoms with Crippen LogP contribution in [0.4, 0.5) is 0 Å². The van der Waals surface area contributed by atoms with Gasteiger partial charge in [0.1, 0.15) is 5.75 Å². The number of carbonyl (C=O) groups excluding carboxylic acids is 2. The van der Waals surface area contributed by atoms with Crippen molar-refractivity contribution in [3.63, 3.8) is 0 Å². The van der Waals surface area contributed by atoms with Crippen molar-refractivity contribution < 1.29 is 14.3 Å². The van der Waals surface area contributed by atoms with Gasteiger partial charge in [0.25, 0.3) is 5.91 Å². The first kappa shape index (κ1) is 13.3. The van der Waals surface area contributed by atoms with E-state index in [9.17, 15) is 9.59 Å². The van der Waals surface area contributed by atoms with Gasteiger partial charge in [0.05, 0.1) is 0 Å². The molecule has 0 fully saturated rings. The fourth-order valence-electron chi connectivity index (χ4n) is 2.13. The first-order valence-corrected chi connectivity index (χ1v) is 6.34. The zero-order valence-corrected chi connectivity index (χ0v) is 10.9. The summed E-state index contributed by atoms with van der Waals surface area (Å²) in [6, 6.07) is 5.39. The van der Waals surface area contributed by atoms with E-state index in [1.807, 2.05) is 0 Å². The van der Waals surface area contributed by atoms with Crippen molar-refractivity contribution in [3.8, 4) is 5.75 Å². The molecular weight excluding hydrogens is 242 g/mol. The molecule has 0 radical (unpaired) electrons. The molecule has 4 heteroatoms. The average Bonchev–Trinajstić information content (AvgIpc) is 2.79. The van der Waals surface area contributed by atoms with Crippen LogP contribution in [0.25, 0.3) is 0 Å². The molecule has 1 N–H and O–H groups in total. The maximum Gasteiger partial charge on any atom is 0.261 e. The van der Waals surface area contributed by atoms with E-state index in [-0.39, 0.29) is 11.7 Å². The van der Waals surface area contributed by atoms with Crippen molar-refractivity contribution in [1.82, 2.24) is 5.32 Å². The lowest BCUT2D eigenvalue weighted by Gasteiger charge is -2.16. The van der Waals surface area contributed by atoms with Gasteiger partial charge in [-0.1, -0.05) is 18.2 Å². The van der Waals surface area contributed by atoms with Crippen LogP contribution in [0.2, 0.25) is 0 Å². The Hall–Kier alpha value is -2.10. The van der Waals surface area contributed by atoms with Gasteiger partial charge in [-0.05, 0) is 19.4 Å². The number of hydrogen-bond acceptors (Lipinski definition) is 3. The summed E-state index contributed by atoms with van der Waals surface area (Å²) in [5.74, 6) is 0.579. The van der Waals surface area contributed by atoms with Gasteiger partial charge in [0.15, 0.2) is 11.9 Å². The Morgan fingerprint density at radius 2 is 2.32 bits per heavy atom. The number of fused-ring (bicyclic) bond motifs is 1. The number of nitrogens with one attached hydrogen (secondary N) is 1. The largest absolute Gasteiger partial charge is 0.481 e. The smallest absolute Gasteiger partial charge is 0.261 e. The van der Waals surface area contributed by atoms with Crippen molar-refractivity contribution in [2.45, 2.75) is 25.9 Å². The monoisotopic (exact) mass is 259 g/mol. The van der Waals surface area contributed by atoms with Crippen LogP contribution < -0.4 is 10.1 Å². The lowest BCUT2D eigenvalue weighted by Crippen LogP contribution is -2.36. The lowest BCUT2D eigenvalue weighted by molar-refractivity contribution is -0.127. The van der Waals surface area contributed by atoms with Crippen LogP contribution in [0.15, 0.2) is 30.9 Å². The highest BCUT2D eigenvalue weighted by atomic mass is 16.5. The molecule has 1 aliphatic carbocycles. The van der Waals surface area contributed by atoms with E-state index in [1.165, 1.54) is 0 Å². The number of rotatable bonds is 5. The second-order valence-corrected chi connectivity index (χ2v) is 4.50. The second-order valence-electron chi connectivity index (χ2n) is 4.50. The van der Waals surface area contributed by atoms with E-state index >= 15 is 0 Å². The number of carbonyl (C=O) groups is 2. The Labute approximate surface area is 112 Å². The summed E-state index contributed by atoms with van der Waals surface area (Å²) in [4.78, 5) is 23.4. The van der Waals surface area contributed by atoms with Crippen molar-refractivity contribution in [3.05, 3.63) is 42.0 Å². The molecule has 0 aliphatic heterocycles. The summed E-state index contributed by atoms with van der Waals surface area (Å²) in [6.07, 6.45) is 2.23. The third-order valence-corrected chi connectivity index (χ3v) is 3.13. The summed E-state index contributed by atoms with van der Waals surface area (Å²) in [6.45, 7) is 5.64.